The monoisotopic (exact) mass is 349 g/mol. The van der Waals surface area contributed by atoms with E-state index in [0.717, 1.165) is 0 Å². The van der Waals surface area contributed by atoms with Crippen molar-refractivity contribution < 1.29 is 0 Å². The van der Waals surface area contributed by atoms with Crippen molar-refractivity contribution >= 4 is 34.2 Å². The molecule has 1 aromatic heterocycles. The molecule has 0 saturated carbocycles. The Labute approximate surface area is 113 Å². The smallest absolute Gasteiger partial charge is 0.266 e. The summed E-state index contributed by atoms with van der Waals surface area (Å²) in [6, 6.07) is 0.192. The molecule has 4 N–H and O–H groups in total. The second-order valence-electron chi connectivity index (χ2n) is 3.93. The first-order valence-electron chi connectivity index (χ1n) is 5.26. The molecule has 0 spiro atoms. The highest BCUT2D eigenvalue weighted by atomic mass is 127. The number of H-pyrrole nitrogens is 1. The molecular formula is C10H16IN5O. The minimum Gasteiger partial charge on any atom is -0.388 e. The number of rotatable bonds is 5. The molecule has 7 heteroatoms. The van der Waals surface area contributed by atoms with E-state index >= 15 is 0 Å². The SMILES string of the molecule is CC(C)N(CCC(=N)N)c1nc[nH]c(=O)c1I. The van der Waals surface area contributed by atoms with Gasteiger partial charge in [-0.15, -0.1) is 0 Å². The fourth-order valence-electron chi connectivity index (χ4n) is 1.42. The first-order chi connectivity index (χ1) is 7.93. The van der Waals surface area contributed by atoms with Gasteiger partial charge in [-0.25, -0.2) is 4.98 Å². The number of nitrogens with one attached hydrogen (secondary N) is 2. The highest BCUT2D eigenvalue weighted by Crippen LogP contribution is 2.18. The Hall–Kier alpha value is -1.12. The summed E-state index contributed by atoms with van der Waals surface area (Å²) in [5.41, 5.74) is 5.20. The maximum absolute atomic E-state index is 11.5. The quantitative estimate of drug-likeness (QED) is 0.418. The van der Waals surface area contributed by atoms with Crippen LogP contribution in [0.5, 0.6) is 0 Å². The van der Waals surface area contributed by atoms with Gasteiger partial charge in [-0.05, 0) is 36.4 Å². The molecule has 0 saturated heterocycles. The number of halogens is 1. The second kappa shape index (κ2) is 5.99. The van der Waals surface area contributed by atoms with Gasteiger partial charge in [0, 0.05) is 19.0 Å². The summed E-state index contributed by atoms with van der Waals surface area (Å²) in [5, 5.41) is 7.25. The molecular weight excluding hydrogens is 333 g/mol. The highest BCUT2D eigenvalue weighted by molar-refractivity contribution is 14.1. The molecule has 0 aliphatic rings. The van der Waals surface area contributed by atoms with Crippen molar-refractivity contribution in [3.63, 3.8) is 0 Å². The molecule has 0 radical (unpaired) electrons. The fraction of sp³-hybridized carbons (Fsp3) is 0.500. The third-order valence-electron chi connectivity index (χ3n) is 2.30. The van der Waals surface area contributed by atoms with Gasteiger partial charge in [0.15, 0.2) is 0 Å². The average molecular weight is 349 g/mol. The Morgan fingerprint density at radius 1 is 1.71 bits per heavy atom. The maximum Gasteiger partial charge on any atom is 0.266 e. The third kappa shape index (κ3) is 3.69. The lowest BCUT2D eigenvalue weighted by molar-refractivity contribution is 0.675. The van der Waals surface area contributed by atoms with Gasteiger partial charge in [-0.1, -0.05) is 0 Å². The number of nitrogens with two attached hydrogens (primary N) is 1. The summed E-state index contributed by atoms with van der Waals surface area (Å²) in [6.07, 6.45) is 1.85. The van der Waals surface area contributed by atoms with Crippen molar-refractivity contribution in [2.24, 2.45) is 5.73 Å². The van der Waals surface area contributed by atoms with Crippen molar-refractivity contribution in [1.82, 2.24) is 9.97 Å². The van der Waals surface area contributed by atoms with Gasteiger partial charge in [0.25, 0.3) is 5.56 Å². The van der Waals surface area contributed by atoms with Crippen molar-refractivity contribution in [1.29, 1.82) is 5.41 Å². The van der Waals surface area contributed by atoms with Crippen LogP contribution in [-0.4, -0.2) is 28.4 Å². The van der Waals surface area contributed by atoms with E-state index in [4.69, 9.17) is 11.1 Å². The molecule has 6 nitrogen and oxygen atoms in total. The second-order valence-corrected chi connectivity index (χ2v) is 5.01. The van der Waals surface area contributed by atoms with E-state index in [-0.39, 0.29) is 17.4 Å². The van der Waals surface area contributed by atoms with Crippen LogP contribution in [0.4, 0.5) is 5.82 Å². The van der Waals surface area contributed by atoms with E-state index in [9.17, 15) is 4.79 Å². The number of aromatic nitrogens is 2. The zero-order valence-corrected chi connectivity index (χ0v) is 12.0. The zero-order chi connectivity index (χ0) is 13.0. The largest absolute Gasteiger partial charge is 0.388 e. The topological polar surface area (TPSA) is 98.9 Å². The predicted octanol–water partition coefficient (Wildman–Crippen LogP) is 0.915. The van der Waals surface area contributed by atoms with Crippen LogP contribution >= 0.6 is 22.6 Å². The van der Waals surface area contributed by atoms with Gasteiger partial charge < -0.3 is 15.6 Å². The molecule has 1 aromatic rings. The van der Waals surface area contributed by atoms with Crippen molar-refractivity contribution in [2.45, 2.75) is 26.3 Å². The van der Waals surface area contributed by atoms with Crippen molar-refractivity contribution in [3.05, 3.63) is 20.3 Å². The lowest BCUT2D eigenvalue weighted by Gasteiger charge is -2.28. The average Bonchev–Trinajstić information content (AvgIpc) is 2.23. The van der Waals surface area contributed by atoms with Gasteiger partial charge in [0.2, 0.25) is 0 Å². The zero-order valence-electron chi connectivity index (χ0n) is 9.83. The van der Waals surface area contributed by atoms with Gasteiger partial charge >= 0.3 is 0 Å². The Morgan fingerprint density at radius 2 is 2.35 bits per heavy atom. The van der Waals surface area contributed by atoms with E-state index in [1.54, 1.807) is 0 Å². The van der Waals surface area contributed by atoms with Crippen LogP contribution in [0.2, 0.25) is 0 Å². The lowest BCUT2D eigenvalue weighted by atomic mass is 10.2. The molecule has 1 rings (SSSR count). The Morgan fingerprint density at radius 3 is 2.88 bits per heavy atom. The molecule has 94 valence electrons. The molecule has 0 unspecified atom stereocenters. The summed E-state index contributed by atoms with van der Waals surface area (Å²) in [6.45, 7) is 4.61. The summed E-state index contributed by atoms with van der Waals surface area (Å²) in [4.78, 5) is 20.2. The van der Waals surface area contributed by atoms with E-state index in [0.29, 0.717) is 22.4 Å². The number of hydrogen-bond donors (Lipinski definition) is 3. The van der Waals surface area contributed by atoms with Gasteiger partial charge in [0.05, 0.1) is 12.2 Å². The van der Waals surface area contributed by atoms with E-state index in [1.165, 1.54) is 6.33 Å². The Bertz CT molecular complexity index is 456. The predicted molar refractivity (Wildman–Crippen MR) is 76.6 cm³/mol. The van der Waals surface area contributed by atoms with Crippen LogP contribution in [0.3, 0.4) is 0 Å². The van der Waals surface area contributed by atoms with Crippen LogP contribution < -0.4 is 16.2 Å². The molecule has 0 atom stereocenters. The van der Waals surface area contributed by atoms with Crippen LogP contribution in [-0.2, 0) is 0 Å². The first-order valence-corrected chi connectivity index (χ1v) is 6.34. The highest BCUT2D eigenvalue weighted by Gasteiger charge is 2.16. The van der Waals surface area contributed by atoms with Crippen LogP contribution in [0.1, 0.15) is 20.3 Å². The van der Waals surface area contributed by atoms with Gasteiger partial charge in [-0.3, -0.25) is 10.2 Å². The van der Waals surface area contributed by atoms with E-state index in [2.05, 4.69) is 9.97 Å². The number of anilines is 1. The first kappa shape index (κ1) is 13.9. The molecule has 1 heterocycles. The minimum atomic E-state index is -0.149. The van der Waals surface area contributed by atoms with E-state index < -0.39 is 0 Å². The Balaban J connectivity index is 3.01. The van der Waals surface area contributed by atoms with Crippen LogP contribution in [0.25, 0.3) is 0 Å². The number of aromatic amines is 1. The molecule has 0 amide bonds. The lowest BCUT2D eigenvalue weighted by Crippen LogP contribution is -2.36. The normalized spacial score (nSPS) is 10.6. The number of amidine groups is 1. The summed E-state index contributed by atoms with van der Waals surface area (Å²) >= 11 is 1.98. The summed E-state index contributed by atoms with van der Waals surface area (Å²) in [5.74, 6) is 0.779. The molecule has 0 aliphatic carbocycles. The fourth-order valence-corrected chi connectivity index (χ4v) is 2.03. The van der Waals surface area contributed by atoms with Crippen LogP contribution in [0.15, 0.2) is 11.1 Å². The van der Waals surface area contributed by atoms with Crippen molar-refractivity contribution in [3.8, 4) is 0 Å². The molecule has 0 aromatic carbocycles. The van der Waals surface area contributed by atoms with Gasteiger partial charge in [-0.2, -0.15) is 0 Å². The third-order valence-corrected chi connectivity index (χ3v) is 3.27. The molecule has 0 bridgehead atoms. The number of nitrogens with zero attached hydrogens (tertiary/aromatic N) is 2. The minimum absolute atomic E-state index is 0.135. The molecule has 17 heavy (non-hydrogen) atoms. The van der Waals surface area contributed by atoms with E-state index in [1.807, 2.05) is 41.3 Å². The van der Waals surface area contributed by atoms with Gasteiger partial charge in [0.1, 0.15) is 9.39 Å². The maximum atomic E-state index is 11.5. The van der Waals surface area contributed by atoms with Crippen molar-refractivity contribution in [2.75, 3.05) is 11.4 Å². The summed E-state index contributed by atoms with van der Waals surface area (Å²) < 4.78 is 0.558. The standard InChI is InChI=1S/C10H16IN5O/c1-6(2)16(4-3-7(12)13)9-8(11)10(17)15-5-14-9/h5-6H,3-4H2,1-2H3,(H3,12,13)(H,14,15,17). The Kier molecular flexibility index (Phi) is 4.91. The molecule has 0 aliphatic heterocycles. The van der Waals surface area contributed by atoms with Crippen LogP contribution in [0, 0.1) is 8.98 Å². The summed E-state index contributed by atoms with van der Waals surface area (Å²) in [7, 11) is 0. The molecule has 0 fully saturated rings. The number of hydrogen-bond acceptors (Lipinski definition) is 4.